The van der Waals surface area contributed by atoms with E-state index in [1.165, 1.54) is 0 Å². The Bertz CT molecular complexity index is 321. The van der Waals surface area contributed by atoms with Gasteiger partial charge in [-0.05, 0) is 24.1 Å². The Morgan fingerprint density at radius 1 is 1.60 bits per heavy atom. The SMILES string of the molecule is CC1CNCC1C(=O)NCc1cc[nH]c1. The molecule has 0 bridgehead atoms. The molecule has 0 saturated carbocycles. The van der Waals surface area contributed by atoms with Gasteiger partial charge in [-0.1, -0.05) is 6.92 Å². The average molecular weight is 207 g/mol. The average Bonchev–Trinajstić information content (AvgIpc) is 2.84. The molecule has 0 spiro atoms. The van der Waals surface area contributed by atoms with Gasteiger partial charge in [0.2, 0.25) is 5.91 Å². The number of H-pyrrole nitrogens is 1. The molecule has 1 aliphatic heterocycles. The molecule has 4 nitrogen and oxygen atoms in total. The van der Waals surface area contributed by atoms with Crippen LogP contribution in [0.25, 0.3) is 0 Å². The van der Waals surface area contributed by atoms with E-state index in [-0.39, 0.29) is 11.8 Å². The summed E-state index contributed by atoms with van der Waals surface area (Å²) >= 11 is 0. The molecule has 2 unspecified atom stereocenters. The quantitative estimate of drug-likeness (QED) is 0.675. The van der Waals surface area contributed by atoms with E-state index in [2.05, 4.69) is 22.5 Å². The molecule has 4 heteroatoms. The van der Waals surface area contributed by atoms with Gasteiger partial charge in [0, 0.05) is 25.5 Å². The van der Waals surface area contributed by atoms with Crippen LogP contribution in [0.15, 0.2) is 18.5 Å². The lowest BCUT2D eigenvalue weighted by Gasteiger charge is -2.13. The smallest absolute Gasteiger partial charge is 0.224 e. The number of aromatic nitrogens is 1. The number of hydrogen-bond donors (Lipinski definition) is 3. The van der Waals surface area contributed by atoms with E-state index in [1.54, 1.807) is 0 Å². The Hall–Kier alpha value is -1.29. The molecule has 1 aromatic rings. The lowest BCUT2D eigenvalue weighted by Crippen LogP contribution is -2.33. The third kappa shape index (κ3) is 2.39. The van der Waals surface area contributed by atoms with Crippen LogP contribution < -0.4 is 10.6 Å². The van der Waals surface area contributed by atoms with Gasteiger partial charge in [0.15, 0.2) is 0 Å². The highest BCUT2D eigenvalue weighted by Crippen LogP contribution is 2.15. The maximum atomic E-state index is 11.8. The zero-order valence-electron chi connectivity index (χ0n) is 8.92. The first-order valence-corrected chi connectivity index (χ1v) is 5.37. The Morgan fingerprint density at radius 3 is 3.07 bits per heavy atom. The number of aromatic amines is 1. The first kappa shape index (κ1) is 10.2. The summed E-state index contributed by atoms with van der Waals surface area (Å²) in [6.45, 7) is 4.48. The van der Waals surface area contributed by atoms with Crippen molar-refractivity contribution in [1.82, 2.24) is 15.6 Å². The van der Waals surface area contributed by atoms with Crippen LogP contribution in [0.1, 0.15) is 12.5 Å². The van der Waals surface area contributed by atoms with Crippen molar-refractivity contribution in [2.75, 3.05) is 13.1 Å². The van der Waals surface area contributed by atoms with Crippen LogP contribution in [0.5, 0.6) is 0 Å². The largest absolute Gasteiger partial charge is 0.367 e. The summed E-state index contributed by atoms with van der Waals surface area (Å²) in [5, 5.41) is 6.19. The number of carbonyl (C=O) groups is 1. The molecular weight excluding hydrogens is 190 g/mol. The van der Waals surface area contributed by atoms with Gasteiger partial charge in [-0.2, -0.15) is 0 Å². The predicted molar refractivity (Wildman–Crippen MR) is 58.2 cm³/mol. The first-order chi connectivity index (χ1) is 7.27. The highest BCUT2D eigenvalue weighted by Gasteiger charge is 2.29. The maximum absolute atomic E-state index is 11.8. The second kappa shape index (κ2) is 4.49. The molecule has 1 saturated heterocycles. The molecule has 2 atom stereocenters. The Morgan fingerprint density at radius 2 is 2.47 bits per heavy atom. The number of carbonyl (C=O) groups excluding carboxylic acids is 1. The van der Waals surface area contributed by atoms with E-state index < -0.39 is 0 Å². The molecule has 1 fully saturated rings. The van der Waals surface area contributed by atoms with Gasteiger partial charge in [0.25, 0.3) is 0 Å². The highest BCUT2D eigenvalue weighted by atomic mass is 16.1. The monoisotopic (exact) mass is 207 g/mol. The van der Waals surface area contributed by atoms with Gasteiger partial charge in [0.1, 0.15) is 0 Å². The van der Waals surface area contributed by atoms with Crippen molar-refractivity contribution in [3.8, 4) is 0 Å². The van der Waals surface area contributed by atoms with Gasteiger partial charge in [-0.25, -0.2) is 0 Å². The lowest BCUT2D eigenvalue weighted by molar-refractivity contribution is -0.125. The number of hydrogen-bond acceptors (Lipinski definition) is 2. The van der Waals surface area contributed by atoms with E-state index in [4.69, 9.17) is 0 Å². The van der Waals surface area contributed by atoms with Gasteiger partial charge in [-0.3, -0.25) is 4.79 Å². The van der Waals surface area contributed by atoms with Gasteiger partial charge >= 0.3 is 0 Å². The zero-order chi connectivity index (χ0) is 10.7. The van der Waals surface area contributed by atoms with Crippen LogP contribution in [-0.4, -0.2) is 24.0 Å². The topological polar surface area (TPSA) is 56.9 Å². The third-order valence-electron chi connectivity index (χ3n) is 2.98. The second-order valence-corrected chi connectivity index (χ2v) is 4.18. The Kier molecular flexibility index (Phi) is 3.06. The van der Waals surface area contributed by atoms with Crippen molar-refractivity contribution in [3.63, 3.8) is 0 Å². The summed E-state index contributed by atoms with van der Waals surface area (Å²) < 4.78 is 0. The maximum Gasteiger partial charge on any atom is 0.224 e. The van der Waals surface area contributed by atoms with E-state index in [0.29, 0.717) is 12.5 Å². The summed E-state index contributed by atoms with van der Waals surface area (Å²) in [6, 6.07) is 1.97. The van der Waals surface area contributed by atoms with Crippen LogP contribution >= 0.6 is 0 Å². The predicted octanol–water partition coefficient (Wildman–Crippen LogP) is 0.486. The van der Waals surface area contributed by atoms with Gasteiger partial charge in [-0.15, -0.1) is 0 Å². The molecule has 0 aliphatic carbocycles. The van der Waals surface area contributed by atoms with Crippen LogP contribution in [0, 0.1) is 11.8 Å². The first-order valence-electron chi connectivity index (χ1n) is 5.37. The molecule has 0 radical (unpaired) electrons. The standard InChI is InChI=1S/C11H17N3O/c1-8-4-13-7-10(8)11(15)14-6-9-2-3-12-5-9/h2-3,5,8,10,12-13H,4,6-7H2,1H3,(H,14,15). The highest BCUT2D eigenvalue weighted by molar-refractivity contribution is 5.79. The van der Waals surface area contributed by atoms with Crippen molar-refractivity contribution >= 4 is 5.91 Å². The fourth-order valence-electron chi connectivity index (χ4n) is 1.95. The van der Waals surface area contributed by atoms with E-state index in [1.807, 2.05) is 18.5 Å². The molecule has 1 amide bonds. The molecule has 1 aliphatic rings. The van der Waals surface area contributed by atoms with Crippen LogP contribution in [0.4, 0.5) is 0 Å². The molecule has 0 aromatic carbocycles. The van der Waals surface area contributed by atoms with Gasteiger partial charge in [0.05, 0.1) is 5.92 Å². The van der Waals surface area contributed by atoms with Crippen molar-refractivity contribution in [2.24, 2.45) is 11.8 Å². The van der Waals surface area contributed by atoms with Crippen LogP contribution in [0.2, 0.25) is 0 Å². The van der Waals surface area contributed by atoms with Crippen molar-refractivity contribution in [1.29, 1.82) is 0 Å². The van der Waals surface area contributed by atoms with Crippen LogP contribution in [-0.2, 0) is 11.3 Å². The lowest BCUT2D eigenvalue weighted by atomic mass is 9.97. The van der Waals surface area contributed by atoms with Crippen molar-refractivity contribution in [3.05, 3.63) is 24.0 Å². The fourth-order valence-corrected chi connectivity index (χ4v) is 1.95. The summed E-state index contributed by atoms with van der Waals surface area (Å²) in [5.74, 6) is 0.730. The fraction of sp³-hybridized carbons (Fsp3) is 0.545. The minimum atomic E-state index is 0.129. The minimum absolute atomic E-state index is 0.129. The van der Waals surface area contributed by atoms with Crippen molar-refractivity contribution < 1.29 is 4.79 Å². The number of amides is 1. The summed E-state index contributed by atoms with van der Waals surface area (Å²) in [7, 11) is 0. The van der Waals surface area contributed by atoms with Crippen molar-refractivity contribution in [2.45, 2.75) is 13.5 Å². The summed E-state index contributed by atoms with van der Waals surface area (Å²) in [5.41, 5.74) is 1.11. The van der Waals surface area contributed by atoms with E-state index in [9.17, 15) is 4.79 Å². The van der Waals surface area contributed by atoms with E-state index in [0.717, 1.165) is 18.7 Å². The van der Waals surface area contributed by atoms with Crippen LogP contribution in [0.3, 0.4) is 0 Å². The van der Waals surface area contributed by atoms with E-state index >= 15 is 0 Å². The third-order valence-corrected chi connectivity index (χ3v) is 2.98. The summed E-state index contributed by atoms with van der Waals surface area (Å²) in [4.78, 5) is 14.8. The number of nitrogens with one attached hydrogen (secondary N) is 3. The zero-order valence-corrected chi connectivity index (χ0v) is 8.92. The minimum Gasteiger partial charge on any atom is -0.367 e. The molecule has 3 N–H and O–H groups in total. The normalized spacial score (nSPS) is 25.4. The molecule has 82 valence electrons. The molecule has 2 heterocycles. The second-order valence-electron chi connectivity index (χ2n) is 4.18. The molecule has 1 aromatic heterocycles. The van der Waals surface area contributed by atoms with Gasteiger partial charge < -0.3 is 15.6 Å². The summed E-state index contributed by atoms with van der Waals surface area (Å²) in [6.07, 6.45) is 3.76. The Labute approximate surface area is 89.5 Å². The Balaban J connectivity index is 1.82. The molecule has 15 heavy (non-hydrogen) atoms. The number of rotatable bonds is 3. The molecule has 2 rings (SSSR count). The molecular formula is C11H17N3O.